The summed E-state index contributed by atoms with van der Waals surface area (Å²) in [6.07, 6.45) is 10.7. The molecule has 34 heavy (non-hydrogen) atoms. The minimum atomic E-state index is -4.77. The smallest absolute Gasteiger partial charge is 0.726 e. The molecule has 10 atom stereocenters. The first-order valence-corrected chi connectivity index (χ1v) is 15.0. The fourth-order valence-corrected chi connectivity index (χ4v) is 10.0. The molecular formula is C27H47NaO5S. The molecule has 0 spiro atoms. The van der Waals surface area contributed by atoms with E-state index in [1.165, 1.54) is 44.9 Å². The first kappa shape index (κ1) is 29.4. The molecule has 192 valence electrons. The summed E-state index contributed by atoms with van der Waals surface area (Å²) < 4.78 is 40.2. The van der Waals surface area contributed by atoms with Gasteiger partial charge in [0.15, 0.2) is 0 Å². The number of rotatable bonds is 7. The molecule has 4 saturated carbocycles. The monoisotopic (exact) mass is 506 g/mol. The van der Waals surface area contributed by atoms with Gasteiger partial charge in [-0.05, 0) is 104 Å². The Morgan fingerprint density at radius 3 is 2.24 bits per heavy atom. The van der Waals surface area contributed by atoms with E-state index in [4.69, 9.17) is 4.18 Å². The van der Waals surface area contributed by atoms with E-state index in [-0.39, 0.29) is 40.9 Å². The van der Waals surface area contributed by atoms with Crippen molar-refractivity contribution in [3.63, 3.8) is 0 Å². The van der Waals surface area contributed by atoms with Crippen LogP contribution in [0, 0.1) is 52.3 Å². The molecule has 0 bridgehead atoms. The molecule has 4 aliphatic rings. The van der Waals surface area contributed by atoms with Gasteiger partial charge in [0.2, 0.25) is 10.4 Å². The number of aliphatic hydroxyl groups excluding tert-OH is 1. The number of fused-ring (bicyclic) bond motifs is 5. The van der Waals surface area contributed by atoms with E-state index < -0.39 is 22.6 Å². The van der Waals surface area contributed by atoms with Crippen molar-refractivity contribution in [3.8, 4) is 0 Å². The van der Waals surface area contributed by atoms with Crippen molar-refractivity contribution in [2.45, 2.75) is 117 Å². The SMILES string of the molecule is CC(C)CCC[C@@H](C)[C@H]1CC[C@H]2[C@@H]3C[C@H](OS(=O)(=O)[O-])[C@H]4C[C@@H](O)CC[C@]4(C)[C@H]3CC[C@]12C.[Na+]. The summed E-state index contributed by atoms with van der Waals surface area (Å²) >= 11 is 0. The Balaban J connectivity index is 0.00000324. The van der Waals surface area contributed by atoms with E-state index in [0.717, 1.165) is 30.6 Å². The first-order valence-electron chi connectivity index (χ1n) is 13.7. The topological polar surface area (TPSA) is 86.7 Å². The van der Waals surface area contributed by atoms with E-state index >= 15 is 0 Å². The van der Waals surface area contributed by atoms with Gasteiger partial charge in [0.1, 0.15) is 0 Å². The van der Waals surface area contributed by atoms with Gasteiger partial charge >= 0.3 is 29.6 Å². The molecule has 1 N–H and O–H groups in total. The second kappa shape index (κ2) is 10.9. The molecule has 4 fully saturated rings. The first-order chi connectivity index (χ1) is 15.3. The quantitative estimate of drug-likeness (QED) is 0.326. The van der Waals surface area contributed by atoms with Crippen molar-refractivity contribution in [2.75, 3.05) is 0 Å². The third kappa shape index (κ3) is 5.63. The van der Waals surface area contributed by atoms with Crippen LogP contribution in [-0.2, 0) is 14.6 Å². The van der Waals surface area contributed by atoms with Crippen molar-refractivity contribution in [3.05, 3.63) is 0 Å². The summed E-state index contributed by atoms with van der Waals surface area (Å²) in [5, 5.41) is 10.4. The normalized spacial score (nSPS) is 45.1. The molecule has 0 unspecified atom stereocenters. The molecule has 0 radical (unpaired) electrons. The molecule has 0 saturated heterocycles. The predicted molar refractivity (Wildman–Crippen MR) is 129 cm³/mol. The molecule has 4 rings (SSSR count). The van der Waals surface area contributed by atoms with Gasteiger partial charge in [0.05, 0.1) is 12.2 Å². The maximum absolute atomic E-state index is 11.7. The average molecular weight is 507 g/mol. The van der Waals surface area contributed by atoms with E-state index in [1.54, 1.807) is 0 Å². The van der Waals surface area contributed by atoms with Gasteiger partial charge < -0.3 is 9.66 Å². The van der Waals surface area contributed by atoms with Gasteiger partial charge in [-0.1, -0.05) is 53.9 Å². The van der Waals surface area contributed by atoms with Gasteiger partial charge in [-0.2, -0.15) is 0 Å². The second-order valence-electron chi connectivity index (χ2n) is 13.2. The minimum absolute atomic E-state index is 0. The van der Waals surface area contributed by atoms with Crippen molar-refractivity contribution >= 4 is 10.4 Å². The van der Waals surface area contributed by atoms with Gasteiger partial charge in [-0.15, -0.1) is 0 Å². The van der Waals surface area contributed by atoms with Crippen molar-refractivity contribution < 1.29 is 51.8 Å². The summed E-state index contributed by atoms with van der Waals surface area (Å²) in [5.41, 5.74) is 0.247. The zero-order valence-corrected chi connectivity index (χ0v) is 25.3. The van der Waals surface area contributed by atoms with E-state index in [1.807, 2.05) is 0 Å². The number of hydrogen-bond donors (Lipinski definition) is 1. The average Bonchev–Trinajstić information content (AvgIpc) is 3.05. The van der Waals surface area contributed by atoms with Crippen LogP contribution in [0.4, 0.5) is 0 Å². The van der Waals surface area contributed by atoms with Crippen LogP contribution < -0.4 is 29.6 Å². The Labute approximate surface area is 230 Å². The van der Waals surface area contributed by atoms with Crippen molar-refractivity contribution in [2.24, 2.45) is 52.3 Å². The summed E-state index contributed by atoms with van der Waals surface area (Å²) in [7, 11) is -4.77. The second-order valence-corrected chi connectivity index (χ2v) is 14.2. The molecule has 7 heteroatoms. The van der Waals surface area contributed by atoms with Gasteiger partial charge in [-0.3, -0.25) is 4.18 Å². The standard InChI is InChI=1S/C27H48O5S.Na/c1-17(2)7-6-8-18(3)21-9-10-22-20-16-25(32-33(29,30)31)24-15-19(28)11-13-27(24,5)23(20)12-14-26(21,22)4;/h17-25,28H,6-16H2,1-5H3,(H,29,30,31);/q;+1/p-1/t18-,19+,20+,21-,22+,23+,24-,25+,26-,27-;/m1./s1. The summed E-state index contributed by atoms with van der Waals surface area (Å²) in [5.74, 6) is 3.70. The molecule has 5 nitrogen and oxygen atoms in total. The Morgan fingerprint density at radius 1 is 0.941 bits per heavy atom. The fourth-order valence-electron chi connectivity index (χ4n) is 9.53. The molecule has 0 aliphatic heterocycles. The summed E-state index contributed by atoms with van der Waals surface area (Å²) in [6, 6.07) is 0. The number of hydrogen-bond acceptors (Lipinski definition) is 5. The van der Waals surface area contributed by atoms with Crippen LogP contribution in [0.15, 0.2) is 0 Å². The maximum Gasteiger partial charge on any atom is 1.00 e. The Kier molecular flexibility index (Phi) is 9.42. The van der Waals surface area contributed by atoms with Crippen molar-refractivity contribution in [1.82, 2.24) is 0 Å². The third-order valence-corrected chi connectivity index (χ3v) is 11.6. The Morgan fingerprint density at radius 2 is 1.59 bits per heavy atom. The summed E-state index contributed by atoms with van der Waals surface area (Å²) in [6.45, 7) is 11.9. The van der Waals surface area contributed by atoms with E-state index in [9.17, 15) is 18.1 Å². The molecule has 0 heterocycles. The van der Waals surface area contributed by atoms with Crippen LogP contribution in [0.3, 0.4) is 0 Å². The van der Waals surface area contributed by atoms with E-state index in [0.29, 0.717) is 36.0 Å². The van der Waals surface area contributed by atoms with Crippen LogP contribution in [0.5, 0.6) is 0 Å². The Hall–Kier alpha value is 0.830. The molecule has 0 aromatic rings. The van der Waals surface area contributed by atoms with Gasteiger partial charge in [-0.25, -0.2) is 8.42 Å². The fraction of sp³-hybridized carbons (Fsp3) is 1.00. The van der Waals surface area contributed by atoms with Crippen LogP contribution in [0.1, 0.15) is 105 Å². The van der Waals surface area contributed by atoms with Gasteiger partial charge in [0, 0.05) is 0 Å². The van der Waals surface area contributed by atoms with E-state index in [2.05, 4.69) is 34.6 Å². The minimum Gasteiger partial charge on any atom is -0.726 e. The van der Waals surface area contributed by atoms with Crippen LogP contribution in [-0.4, -0.2) is 30.3 Å². The van der Waals surface area contributed by atoms with Crippen LogP contribution >= 0.6 is 0 Å². The predicted octanol–water partition coefficient (Wildman–Crippen LogP) is 2.93. The Bertz CT molecular complexity index is 803. The van der Waals surface area contributed by atoms with Crippen molar-refractivity contribution in [1.29, 1.82) is 0 Å². The molecule has 4 aliphatic carbocycles. The van der Waals surface area contributed by atoms with Gasteiger partial charge in [0.25, 0.3) is 0 Å². The van der Waals surface area contributed by atoms with Crippen LogP contribution in [0.25, 0.3) is 0 Å². The summed E-state index contributed by atoms with van der Waals surface area (Å²) in [4.78, 5) is 0. The number of aliphatic hydroxyl groups is 1. The zero-order chi connectivity index (χ0) is 24.2. The third-order valence-electron chi connectivity index (χ3n) is 11.1. The largest absolute Gasteiger partial charge is 1.00 e. The molecule has 0 aromatic carbocycles. The van der Waals surface area contributed by atoms with Crippen LogP contribution in [0.2, 0.25) is 0 Å². The zero-order valence-electron chi connectivity index (χ0n) is 22.5. The maximum atomic E-state index is 11.7. The molecule has 0 aromatic heterocycles. The molecular weight excluding hydrogens is 459 g/mol. The molecule has 0 amide bonds.